The molecule has 104 valence electrons. The van der Waals surface area contributed by atoms with Crippen LogP contribution in [-0.2, 0) is 4.74 Å². The van der Waals surface area contributed by atoms with Crippen LogP contribution in [0.4, 0.5) is 4.39 Å². The van der Waals surface area contributed by atoms with Crippen molar-refractivity contribution in [2.45, 2.75) is 6.10 Å². The summed E-state index contributed by atoms with van der Waals surface area (Å²) < 4.78 is 28.7. The third-order valence-electron chi connectivity index (χ3n) is 2.81. The monoisotopic (exact) mass is 276 g/mol. The summed E-state index contributed by atoms with van der Waals surface area (Å²) in [5, 5.41) is 9.84. The van der Waals surface area contributed by atoms with Crippen LogP contribution in [0.25, 0.3) is 0 Å². The standard InChI is InChI=1S/C15H13FO4/c16-10-1-3-11(4-2-10)20-12-5-6-15(14(17)7-12)19-9-13-8-18-13/h1-7,13,17H,8-9H2. The maximum absolute atomic E-state index is 12.8. The third-order valence-corrected chi connectivity index (χ3v) is 2.81. The van der Waals surface area contributed by atoms with E-state index in [1.807, 2.05) is 0 Å². The molecule has 0 radical (unpaired) electrons. The Bertz CT molecular complexity index is 593. The van der Waals surface area contributed by atoms with Crippen LogP contribution in [-0.4, -0.2) is 24.4 Å². The van der Waals surface area contributed by atoms with Crippen molar-refractivity contribution < 1.29 is 23.7 Å². The molecule has 1 aliphatic heterocycles. The first kappa shape index (κ1) is 12.7. The highest BCUT2D eigenvalue weighted by molar-refractivity contribution is 5.45. The summed E-state index contributed by atoms with van der Waals surface area (Å²) in [5.41, 5.74) is 0. The van der Waals surface area contributed by atoms with Crippen LogP contribution in [0.1, 0.15) is 0 Å². The summed E-state index contributed by atoms with van der Waals surface area (Å²) in [6.45, 7) is 1.12. The topological polar surface area (TPSA) is 51.2 Å². The van der Waals surface area contributed by atoms with Gasteiger partial charge >= 0.3 is 0 Å². The van der Waals surface area contributed by atoms with Crippen LogP contribution in [0, 0.1) is 5.82 Å². The van der Waals surface area contributed by atoms with Crippen LogP contribution in [0.2, 0.25) is 0 Å². The lowest BCUT2D eigenvalue weighted by Crippen LogP contribution is -2.04. The first-order valence-corrected chi connectivity index (χ1v) is 6.21. The quantitative estimate of drug-likeness (QED) is 0.852. The summed E-state index contributed by atoms with van der Waals surface area (Å²) in [6, 6.07) is 10.4. The summed E-state index contributed by atoms with van der Waals surface area (Å²) in [6.07, 6.45) is 0.129. The lowest BCUT2D eigenvalue weighted by atomic mass is 10.3. The van der Waals surface area contributed by atoms with Gasteiger partial charge in [-0.1, -0.05) is 0 Å². The Morgan fingerprint density at radius 1 is 1.15 bits per heavy atom. The zero-order chi connectivity index (χ0) is 13.9. The van der Waals surface area contributed by atoms with Gasteiger partial charge in [0.25, 0.3) is 0 Å². The Balaban J connectivity index is 1.67. The first-order valence-electron chi connectivity index (χ1n) is 6.21. The van der Waals surface area contributed by atoms with E-state index in [1.165, 1.54) is 30.3 Å². The smallest absolute Gasteiger partial charge is 0.161 e. The zero-order valence-electron chi connectivity index (χ0n) is 10.6. The van der Waals surface area contributed by atoms with Gasteiger partial charge in [0.05, 0.1) is 6.61 Å². The fraction of sp³-hybridized carbons (Fsp3) is 0.200. The molecule has 1 N–H and O–H groups in total. The zero-order valence-corrected chi connectivity index (χ0v) is 10.6. The van der Waals surface area contributed by atoms with Gasteiger partial charge in [-0.15, -0.1) is 0 Å². The van der Waals surface area contributed by atoms with Crippen LogP contribution < -0.4 is 9.47 Å². The van der Waals surface area contributed by atoms with Gasteiger partial charge in [0.2, 0.25) is 0 Å². The molecular formula is C15H13FO4. The largest absolute Gasteiger partial charge is 0.504 e. The highest BCUT2D eigenvalue weighted by Crippen LogP contribution is 2.33. The molecule has 1 saturated heterocycles. The first-order chi connectivity index (χ1) is 9.70. The fourth-order valence-electron chi connectivity index (χ4n) is 1.67. The van der Waals surface area contributed by atoms with Gasteiger partial charge in [0, 0.05) is 6.07 Å². The van der Waals surface area contributed by atoms with Crippen LogP contribution in [0.15, 0.2) is 42.5 Å². The van der Waals surface area contributed by atoms with Gasteiger partial charge in [0.15, 0.2) is 11.5 Å². The van der Waals surface area contributed by atoms with E-state index in [0.717, 1.165) is 0 Å². The summed E-state index contributed by atoms with van der Waals surface area (Å²) >= 11 is 0. The number of benzene rings is 2. The molecule has 1 heterocycles. The van der Waals surface area contributed by atoms with Crippen molar-refractivity contribution in [3.63, 3.8) is 0 Å². The summed E-state index contributed by atoms with van der Waals surface area (Å²) in [7, 11) is 0. The van der Waals surface area contributed by atoms with Gasteiger partial charge in [-0.3, -0.25) is 0 Å². The molecule has 1 aliphatic rings. The second-order valence-corrected chi connectivity index (χ2v) is 4.45. The summed E-state index contributed by atoms with van der Waals surface area (Å²) in [4.78, 5) is 0. The normalized spacial score (nSPS) is 16.8. The lowest BCUT2D eigenvalue weighted by Gasteiger charge is -2.09. The van der Waals surface area contributed by atoms with Crippen molar-refractivity contribution in [1.82, 2.24) is 0 Å². The molecule has 0 amide bonds. The second-order valence-electron chi connectivity index (χ2n) is 4.45. The number of phenolic OH excluding ortho intramolecular Hbond substituents is 1. The van der Waals surface area contributed by atoms with E-state index in [1.54, 1.807) is 12.1 Å². The number of rotatable bonds is 5. The molecule has 1 unspecified atom stereocenters. The second kappa shape index (κ2) is 5.38. The Labute approximate surface area is 115 Å². The van der Waals surface area contributed by atoms with Crippen LogP contribution in [0.3, 0.4) is 0 Å². The summed E-state index contributed by atoms with van der Waals surface area (Å²) in [5.74, 6) is 0.985. The van der Waals surface area contributed by atoms with Crippen molar-refractivity contribution in [1.29, 1.82) is 0 Å². The number of epoxide rings is 1. The molecule has 1 atom stereocenters. The van der Waals surface area contributed by atoms with E-state index < -0.39 is 0 Å². The van der Waals surface area contributed by atoms with E-state index in [9.17, 15) is 9.50 Å². The number of aromatic hydroxyl groups is 1. The minimum absolute atomic E-state index is 0.00902. The molecule has 4 nitrogen and oxygen atoms in total. The number of hydrogen-bond acceptors (Lipinski definition) is 4. The Morgan fingerprint density at radius 2 is 1.85 bits per heavy atom. The average molecular weight is 276 g/mol. The number of phenols is 1. The molecule has 0 bridgehead atoms. The molecule has 20 heavy (non-hydrogen) atoms. The van der Waals surface area contributed by atoms with E-state index in [-0.39, 0.29) is 17.7 Å². The molecular weight excluding hydrogens is 263 g/mol. The molecule has 0 aromatic heterocycles. The van der Waals surface area contributed by atoms with Crippen LogP contribution in [0.5, 0.6) is 23.0 Å². The Hall–Kier alpha value is -2.27. The van der Waals surface area contributed by atoms with Crippen LogP contribution >= 0.6 is 0 Å². The number of halogens is 1. The average Bonchev–Trinajstić information content (AvgIpc) is 3.25. The molecule has 1 fully saturated rings. The highest BCUT2D eigenvalue weighted by Gasteiger charge is 2.23. The minimum Gasteiger partial charge on any atom is -0.504 e. The number of ether oxygens (including phenoxy) is 3. The van der Waals surface area contributed by atoms with Crippen molar-refractivity contribution in [3.05, 3.63) is 48.3 Å². The lowest BCUT2D eigenvalue weighted by molar-refractivity contribution is 0.253. The Morgan fingerprint density at radius 3 is 2.50 bits per heavy atom. The van der Waals surface area contributed by atoms with Crippen molar-refractivity contribution in [2.24, 2.45) is 0 Å². The fourth-order valence-corrected chi connectivity index (χ4v) is 1.67. The molecule has 0 spiro atoms. The SMILES string of the molecule is Oc1cc(Oc2ccc(F)cc2)ccc1OCC1CO1. The van der Waals surface area contributed by atoms with Gasteiger partial charge in [-0.2, -0.15) is 0 Å². The maximum atomic E-state index is 12.8. The van der Waals surface area contributed by atoms with Gasteiger partial charge < -0.3 is 19.3 Å². The van der Waals surface area contributed by atoms with E-state index in [0.29, 0.717) is 30.5 Å². The van der Waals surface area contributed by atoms with Gasteiger partial charge in [0.1, 0.15) is 30.0 Å². The maximum Gasteiger partial charge on any atom is 0.161 e. The van der Waals surface area contributed by atoms with Crippen molar-refractivity contribution in [3.8, 4) is 23.0 Å². The molecule has 5 heteroatoms. The van der Waals surface area contributed by atoms with Crippen molar-refractivity contribution in [2.75, 3.05) is 13.2 Å². The van der Waals surface area contributed by atoms with E-state index in [2.05, 4.69) is 0 Å². The molecule has 3 rings (SSSR count). The number of hydrogen-bond donors (Lipinski definition) is 1. The molecule has 2 aromatic rings. The molecule has 0 saturated carbocycles. The Kier molecular flexibility index (Phi) is 3.43. The van der Waals surface area contributed by atoms with Crippen molar-refractivity contribution >= 4 is 0 Å². The highest BCUT2D eigenvalue weighted by atomic mass is 19.1. The van der Waals surface area contributed by atoms with Gasteiger partial charge in [-0.25, -0.2) is 4.39 Å². The minimum atomic E-state index is -0.328. The predicted octanol–water partition coefficient (Wildman–Crippen LogP) is 3.10. The molecule has 2 aromatic carbocycles. The van der Waals surface area contributed by atoms with E-state index in [4.69, 9.17) is 14.2 Å². The third kappa shape index (κ3) is 3.19. The van der Waals surface area contributed by atoms with E-state index >= 15 is 0 Å². The molecule has 0 aliphatic carbocycles. The predicted molar refractivity (Wildman–Crippen MR) is 69.8 cm³/mol. The van der Waals surface area contributed by atoms with Gasteiger partial charge in [-0.05, 0) is 36.4 Å².